The van der Waals surface area contributed by atoms with Gasteiger partial charge in [-0.1, -0.05) is 122 Å². The average molecular weight is 2030 g/mol. The number of morpholine rings is 2. The number of ether oxygens (including phenoxy) is 18. The van der Waals surface area contributed by atoms with E-state index in [9.17, 15) is 75.1 Å². The Labute approximate surface area is 834 Å². The van der Waals surface area contributed by atoms with E-state index in [4.69, 9.17) is 66.3 Å². The van der Waals surface area contributed by atoms with E-state index in [1.807, 2.05) is 76.2 Å². The quantitative estimate of drug-likeness (QED) is 0.0158. The van der Waals surface area contributed by atoms with Crippen molar-refractivity contribution in [3.63, 3.8) is 0 Å². The summed E-state index contributed by atoms with van der Waals surface area (Å²) in [6.45, 7) is 74.5. The van der Waals surface area contributed by atoms with E-state index < -0.39 is 53.4 Å². The first-order chi connectivity index (χ1) is 65.7. The van der Waals surface area contributed by atoms with Crippen LogP contribution in [0.3, 0.4) is 0 Å². The minimum absolute atomic E-state index is 0.0128. The van der Waals surface area contributed by atoms with Crippen molar-refractivity contribution >= 4 is 72.6 Å². The molecule has 0 amide bonds. The number of hydrogen-bond donors (Lipinski definition) is 1. The zero-order valence-electron chi connectivity index (χ0n) is 90.8. The lowest BCUT2D eigenvalue weighted by molar-refractivity contribution is -0.190. The fraction of sp³-hybridized carbons (Fsp3) is 0.866. The van der Waals surface area contributed by atoms with Gasteiger partial charge in [0.25, 0.3) is 12.9 Å². The minimum Gasteiger partial charge on any atom is -0.468 e. The van der Waals surface area contributed by atoms with Crippen LogP contribution in [-0.2, 0) is 143 Å². The molecule has 5 heterocycles. The minimum atomic E-state index is -3.37. The van der Waals surface area contributed by atoms with Gasteiger partial charge in [0.05, 0.1) is 71.0 Å². The molecular weight excluding hydrogens is 1850 g/mol. The highest BCUT2D eigenvalue weighted by Crippen LogP contribution is 2.27. The van der Waals surface area contributed by atoms with Gasteiger partial charge in [0.2, 0.25) is 19.4 Å². The third-order valence-corrected chi connectivity index (χ3v) is 18.4. The number of carbonyl (C=O) groups excluding carboxylic acids is 12. The molecule has 3 unspecified atom stereocenters. The highest BCUT2D eigenvalue weighted by atomic mass is 19.3. The predicted molar refractivity (Wildman–Crippen MR) is 520 cm³/mol. The number of rotatable bonds is 48. The Kier molecular flexibility index (Phi) is 97.9. The fourth-order valence-electron chi connectivity index (χ4n) is 10.6. The molecule has 4 fully saturated rings. The number of methoxy groups -OCH3 is 1. The van der Waals surface area contributed by atoms with Crippen molar-refractivity contribution < 1.29 is 160 Å². The van der Waals surface area contributed by atoms with Crippen LogP contribution in [0.4, 0.5) is 17.6 Å². The average Bonchev–Trinajstić information content (AvgIpc) is 0.917. The molecule has 1 N–H and O–H groups in total. The number of nitrogens with one attached hydrogen (secondary N) is 1. The van der Waals surface area contributed by atoms with Crippen LogP contribution >= 0.6 is 0 Å². The van der Waals surface area contributed by atoms with Crippen molar-refractivity contribution in [3.05, 3.63) is 5.82 Å². The molecule has 140 heavy (non-hydrogen) atoms. The summed E-state index contributed by atoms with van der Waals surface area (Å²) in [6, 6.07) is 0. The van der Waals surface area contributed by atoms with E-state index in [1.165, 1.54) is 109 Å². The third-order valence-electron chi connectivity index (χ3n) is 18.4. The molecule has 43 heteroatoms. The zero-order chi connectivity index (χ0) is 108. The van der Waals surface area contributed by atoms with E-state index in [0.717, 1.165) is 150 Å². The highest BCUT2D eigenvalue weighted by molar-refractivity contribution is 5.78. The summed E-state index contributed by atoms with van der Waals surface area (Å²) in [5.74, 6) is -11.5. The number of hydrogen-bond acceptors (Lipinski definition) is 38. The molecule has 0 aromatic carbocycles. The smallest absolute Gasteiger partial charge is 0.377 e. The van der Waals surface area contributed by atoms with E-state index in [2.05, 4.69) is 91.8 Å². The third kappa shape index (κ3) is 97.4. The maximum absolute atomic E-state index is 12.8. The molecule has 4 aliphatic rings. The number of nitrogens with zero attached hydrogens (tertiary/aromatic N) is 8. The number of aromatic amines is 1. The predicted octanol–water partition coefficient (Wildman–Crippen LogP) is 13.4. The highest BCUT2D eigenvalue weighted by Gasteiger charge is 2.45. The molecule has 5 rings (SSSR count). The maximum Gasteiger partial charge on any atom is 0.377 e. The lowest BCUT2D eigenvalue weighted by Gasteiger charge is -2.25. The molecule has 0 spiro atoms. The molecule has 0 aliphatic carbocycles. The first-order valence-electron chi connectivity index (χ1n) is 49.1. The molecule has 0 saturated carbocycles. The molecule has 0 bridgehead atoms. The fourth-order valence-corrected chi connectivity index (χ4v) is 10.6. The second-order valence-corrected chi connectivity index (χ2v) is 35.1. The number of tetrazole rings is 1. The van der Waals surface area contributed by atoms with Gasteiger partial charge in [0, 0.05) is 150 Å². The van der Waals surface area contributed by atoms with Crippen LogP contribution in [0.25, 0.3) is 0 Å². The van der Waals surface area contributed by atoms with Crippen LogP contribution in [0.5, 0.6) is 0 Å². The van der Waals surface area contributed by atoms with Crippen LogP contribution < -0.4 is 0 Å². The number of H-pyrrole nitrogens is 1. The van der Waals surface area contributed by atoms with Crippen LogP contribution in [0.2, 0.25) is 0 Å². The van der Waals surface area contributed by atoms with Crippen molar-refractivity contribution in [2.75, 3.05) is 211 Å². The van der Waals surface area contributed by atoms with Gasteiger partial charge in [0.1, 0.15) is 32.5 Å². The van der Waals surface area contributed by atoms with Gasteiger partial charge in [-0.15, -0.1) is 10.2 Å². The Bertz CT molecular complexity index is 3140. The van der Waals surface area contributed by atoms with E-state index in [1.54, 1.807) is 27.9 Å². The molecule has 39 nitrogen and oxygen atoms in total. The van der Waals surface area contributed by atoms with E-state index in [0.29, 0.717) is 109 Å². The molecule has 4 saturated heterocycles. The Morgan fingerprint density at radius 1 is 0.479 bits per heavy atom. The van der Waals surface area contributed by atoms with Gasteiger partial charge < -0.3 is 95.1 Å². The topological polar surface area (TPSA) is 442 Å². The van der Waals surface area contributed by atoms with Gasteiger partial charge >= 0.3 is 71.5 Å². The number of likely N-dealkylation sites (tertiary alicyclic amines) is 1. The summed E-state index contributed by atoms with van der Waals surface area (Å²) < 4.78 is 138. The van der Waals surface area contributed by atoms with Crippen LogP contribution in [-0.4, -0.2) is 366 Å². The molecule has 4 aliphatic heterocycles. The van der Waals surface area contributed by atoms with Gasteiger partial charge in [0.15, 0.2) is 5.82 Å². The standard InChI is InChI=1S/C11H20O4.C11H22O4.C9H17NO2.C9H19NO2.C9H18O3.C8H14F2O2.C8H15NO3.C8H17NO2.C7H12F2O2.C7H13NO3.C6H10O3.C4H8N4/c1-8(2)6-9(12)14-7-15-10(13)11(3,4)5;1-5-13-8-11(14-6-2)15-10(12)7-9(3)4;1-9(11)12-8-7-10-5-3-2-4-6-10;1-4-10(5-2)7-6-8-12-9(3)11;1-7(2)5-9(10)12-8(3)6-11-4;1-5(2)8(9,10)7(11)12-6(3)4;1-8(10)12-7-4-9-2-5-11-6-3-9;1-3-9(4-2)6-5-7-11-8-10;1-4-11-6(10)7(8,9)5(2)3;9-7-11-6-3-8-1-4-10-5-2-8;1-5(7)9-6-3-2-4-8-6;1-3(2)4-5-7-8-6-4/h8H,6-7H2,1-5H3;9,11H,5-8H2,1-4H3;2-8H2,1H3;4-8H2,1-3H3;7-8H,5-6H2,1-4H3;5-6H,1-4H3;2-7H2,1H3;8H,3-7H2,1-2H3;5H,4H2,1-3H3;7H,1-6H2;6H,2-4H2,1H3;3H,1-2H3,(H,5,6,7,8). The van der Waals surface area contributed by atoms with Crippen LogP contribution in [0.1, 0.15) is 277 Å². The van der Waals surface area contributed by atoms with Gasteiger partial charge in [-0.2, -0.15) is 22.8 Å². The second kappa shape index (κ2) is 94.6. The lowest BCUT2D eigenvalue weighted by Crippen LogP contribution is -2.38. The molecule has 1 aromatic rings. The number of esters is 10. The zero-order valence-corrected chi connectivity index (χ0v) is 90.8. The first kappa shape index (κ1) is 145. The normalized spacial score (nSPS) is 14.5. The van der Waals surface area contributed by atoms with Crippen molar-refractivity contribution in [2.24, 2.45) is 35.0 Å². The van der Waals surface area contributed by atoms with Crippen molar-refractivity contribution in [3.8, 4) is 0 Å². The summed E-state index contributed by atoms with van der Waals surface area (Å²) >= 11 is 0. The van der Waals surface area contributed by atoms with E-state index >= 15 is 0 Å². The summed E-state index contributed by atoms with van der Waals surface area (Å²) in [5.41, 5.74) is -0.565. The molecule has 3 atom stereocenters. The molecule has 826 valence electrons. The van der Waals surface area contributed by atoms with Crippen molar-refractivity contribution in [2.45, 2.75) is 308 Å². The second-order valence-electron chi connectivity index (χ2n) is 35.1. The molecule has 0 radical (unpaired) electrons. The molecular formula is C97H185F4N9O30. The summed E-state index contributed by atoms with van der Waals surface area (Å²) in [6.07, 6.45) is 7.41. The molecule has 1 aromatic heterocycles. The Morgan fingerprint density at radius 3 is 1.28 bits per heavy atom. The van der Waals surface area contributed by atoms with Crippen LogP contribution in [0, 0.1) is 35.0 Å². The number of alkyl halides is 4. The van der Waals surface area contributed by atoms with Gasteiger partial charge in [-0.3, -0.25) is 62.6 Å². The van der Waals surface area contributed by atoms with Crippen molar-refractivity contribution in [1.82, 2.24) is 45.1 Å². The number of piperidine rings is 1. The summed E-state index contributed by atoms with van der Waals surface area (Å²) in [5, 5.41) is 13.3. The Morgan fingerprint density at radius 2 is 0.914 bits per heavy atom. The number of carbonyl (C=O) groups is 12. The summed E-state index contributed by atoms with van der Waals surface area (Å²) in [7, 11) is 1.59. The maximum atomic E-state index is 12.8. The van der Waals surface area contributed by atoms with Crippen LogP contribution in [0.15, 0.2) is 0 Å². The van der Waals surface area contributed by atoms with E-state index in [-0.39, 0.29) is 79.5 Å². The first-order valence-corrected chi connectivity index (χ1v) is 49.1. The number of aromatic nitrogens is 4. The van der Waals surface area contributed by atoms with Crippen molar-refractivity contribution in [1.29, 1.82) is 0 Å². The van der Waals surface area contributed by atoms with Gasteiger partial charge in [-0.05, 0) is 151 Å². The Hall–Kier alpha value is -8.01. The van der Waals surface area contributed by atoms with Gasteiger partial charge in [-0.25, -0.2) is 9.59 Å². The Balaban J connectivity index is -0.000000276. The SMILES string of the molecule is CC(=O)OC1CCCO1.CC(=O)OCCN1CCCCC1.CC(=O)OCCN1CCOCC1.CC(C)CC(=O)OCOC(=O)C(C)(C)C.CC(C)OC(=O)C(F)(F)C(C)C.CC(C)c1nn[nH]n1.CCN(CC)CCCOC(C)=O.CCN(CC)CCCOC=O.CCOC(=O)C(F)(F)C(C)C.CCOCC(OCC)OC(=O)CC(C)C.COCC(C)OC(=O)CC(C)C.O=COCCN1CCOCC1. The summed E-state index contributed by atoms with van der Waals surface area (Å²) in [4.78, 5) is 139. The lowest BCUT2D eigenvalue weighted by atomic mass is 9.98. The number of halogens is 4. The largest absolute Gasteiger partial charge is 0.468 e. The monoisotopic (exact) mass is 2030 g/mol.